The SMILES string of the molecule is CCC[C@@H](C)NC(=O)[C@@H](C)Oc1cc(C)cc(C)c1. The number of amides is 1. The molecule has 0 saturated carbocycles. The van der Waals surface area contributed by atoms with Crippen molar-refractivity contribution in [2.24, 2.45) is 0 Å². The number of carbonyl (C=O) groups is 1. The number of hydrogen-bond donors (Lipinski definition) is 1. The summed E-state index contributed by atoms with van der Waals surface area (Å²) in [7, 11) is 0. The van der Waals surface area contributed by atoms with Crippen LogP contribution in [0, 0.1) is 13.8 Å². The molecule has 0 aliphatic rings. The van der Waals surface area contributed by atoms with Gasteiger partial charge in [0.25, 0.3) is 5.91 Å². The number of ether oxygens (including phenoxy) is 1. The van der Waals surface area contributed by atoms with Gasteiger partial charge < -0.3 is 10.1 Å². The normalized spacial score (nSPS) is 13.7. The average Bonchev–Trinajstić information content (AvgIpc) is 2.27. The molecule has 19 heavy (non-hydrogen) atoms. The van der Waals surface area contributed by atoms with E-state index in [9.17, 15) is 4.79 Å². The van der Waals surface area contributed by atoms with Gasteiger partial charge >= 0.3 is 0 Å². The van der Waals surface area contributed by atoms with Crippen molar-refractivity contribution in [1.82, 2.24) is 5.32 Å². The van der Waals surface area contributed by atoms with Gasteiger partial charge in [-0.15, -0.1) is 0 Å². The van der Waals surface area contributed by atoms with Crippen molar-refractivity contribution in [3.05, 3.63) is 29.3 Å². The zero-order valence-corrected chi connectivity index (χ0v) is 12.6. The molecule has 0 aliphatic heterocycles. The largest absolute Gasteiger partial charge is 0.481 e. The third kappa shape index (κ3) is 5.33. The Bertz CT molecular complexity index is 409. The molecule has 2 atom stereocenters. The Labute approximate surface area is 116 Å². The maximum atomic E-state index is 12.0. The highest BCUT2D eigenvalue weighted by Crippen LogP contribution is 2.17. The predicted octanol–water partition coefficient (Wildman–Crippen LogP) is 3.38. The van der Waals surface area contributed by atoms with Crippen molar-refractivity contribution in [3.63, 3.8) is 0 Å². The summed E-state index contributed by atoms with van der Waals surface area (Å²) in [5, 5.41) is 2.97. The van der Waals surface area contributed by atoms with Crippen LogP contribution >= 0.6 is 0 Å². The fraction of sp³-hybridized carbons (Fsp3) is 0.562. The Morgan fingerprint density at radius 1 is 1.21 bits per heavy atom. The first kappa shape index (κ1) is 15.5. The highest BCUT2D eigenvalue weighted by molar-refractivity contribution is 5.80. The van der Waals surface area contributed by atoms with E-state index in [1.54, 1.807) is 6.92 Å². The van der Waals surface area contributed by atoms with E-state index in [2.05, 4.69) is 18.3 Å². The minimum absolute atomic E-state index is 0.0555. The summed E-state index contributed by atoms with van der Waals surface area (Å²) in [6.07, 6.45) is 1.58. The zero-order chi connectivity index (χ0) is 14.4. The van der Waals surface area contributed by atoms with Crippen LogP contribution in [0.25, 0.3) is 0 Å². The van der Waals surface area contributed by atoms with Crippen molar-refractivity contribution in [1.29, 1.82) is 0 Å². The highest BCUT2D eigenvalue weighted by atomic mass is 16.5. The van der Waals surface area contributed by atoms with Gasteiger partial charge in [0, 0.05) is 6.04 Å². The molecule has 0 spiro atoms. The lowest BCUT2D eigenvalue weighted by atomic mass is 10.1. The summed E-state index contributed by atoms with van der Waals surface area (Å²) in [6, 6.07) is 6.18. The van der Waals surface area contributed by atoms with Crippen molar-refractivity contribution in [2.75, 3.05) is 0 Å². The zero-order valence-electron chi connectivity index (χ0n) is 12.6. The molecule has 3 nitrogen and oxygen atoms in total. The molecule has 3 heteroatoms. The average molecular weight is 263 g/mol. The fourth-order valence-electron chi connectivity index (χ4n) is 2.12. The van der Waals surface area contributed by atoms with E-state index in [1.807, 2.05) is 32.9 Å². The molecule has 1 rings (SSSR count). The third-order valence-corrected chi connectivity index (χ3v) is 2.99. The first-order valence-corrected chi connectivity index (χ1v) is 6.97. The smallest absolute Gasteiger partial charge is 0.260 e. The van der Waals surface area contributed by atoms with Gasteiger partial charge in [0.2, 0.25) is 0 Å². The van der Waals surface area contributed by atoms with Crippen LogP contribution < -0.4 is 10.1 Å². The van der Waals surface area contributed by atoms with Crippen molar-refractivity contribution < 1.29 is 9.53 Å². The first-order valence-electron chi connectivity index (χ1n) is 6.97. The quantitative estimate of drug-likeness (QED) is 0.854. The number of hydrogen-bond acceptors (Lipinski definition) is 2. The highest BCUT2D eigenvalue weighted by Gasteiger charge is 2.16. The Balaban J connectivity index is 2.58. The monoisotopic (exact) mass is 263 g/mol. The second-order valence-electron chi connectivity index (χ2n) is 5.28. The molecule has 106 valence electrons. The van der Waals surface area contributed by atoms with Gasteiger partial charge in [-0.05, 0) is 57.4 Å². The van der Waals surface area contributed by atoms with Gasteiger partial charge in [0.1, 0.15) is 5.75 Å². The molecule has 1 aromatic rings. The molecule has 0 aromatic heterocycles. The summed E-state index contributed by atoms with van der Waals surface area (Å²) < 4.78 is 5.70. The van der Waals surface area contributed by atoms with Gasteiger partial charge in [0.05, 0.1) is 0 Å². The van der Waals surface area contributed by atoms with E-state index in [1.165, 1.54) is 0 Å². The predicted molar refractivity (Wildman–Crippen MR) is 78.5 cm³/mol. The Morgan fingerprint density at radius 2 is 1.79 bits per heavy atom. The van der Waals surface area contributed by atoms with E-state index in [4.69, 9.17) is 4.74 Å². The second kappa shape index (κ2) is 7.17. The summed E-state index contributed by atoms with van der Waals surface area (Å²) in [4.78, 5) is 12.0. The van der Waals surface area contributed by atoms with Crippen LogP contribution in [0.1, 0.15) is 44.7 Å². The molecule has 0 bridgehead atoms. The molecule has 1 N–H and O–H groups in total. The maximum Gasteiger partial charge on any atom is 0.260 e. The Morgan fingerprint density at radius 3 is 2.32 bits per heavy atom. The topological polar surface area (TPSA) is 38.3 Å². The molecule has 0 radical (unpaired) electrons. The fourth-order valence-corrected chi connectivity index (χ4v) is 2.12. The molecule has 1 aromatic carbocycles. The van der Waals surface area contributed by atoms with Gasteiger partial charge in [-0.3, -0.25) is 4.79 Å². The lowest BCUT2D eigenvalue weighted by molar-refractivity contribution is -0.127. The van der Waals surface area contributed by atoms with E-state index < -0.39 is 6.10 Å². The van der Waals surface area contributed by atoms with Crippen LogP contribution in [0.4, 0.5) is 0 Å². The van der Waals surface area contributed by atoms with Crippen molar-refractivity contribution in [3.8, 4) is 5.75 Å². The Hall–Kier alpha value is -1.51. The molecule has 0 unspecified atom stereocenters. The number of nitrogens with one attached hydrogen (secondary N) is 1. The van der Waals surface area contributed by atoms with Crippen molar-refractivity contribution >= 4 is 5.91 Å². The molecule has 1 amide bonds. The third-order valence-electron chi connectivity index (χ3n) is 2.99. The van der Waals surface area contributed by atoms with Crippen LogP contribution in [-0.2, 0) is 4.79 Å². The van der Waals surface area contributed by atoms with E-state index >= 15 is 0 Å². The van der Waals surface area contributed by atoms with Gasteiger partial charge in [-0.1, -0.05) is 19.4 Å². The van der Waals surface area contributed by atoms with Crippen LogP contribution in [0.2, 0.25) is 0 Å². The number of benzene rings is 1. The van der Waals surface area contributed by atoms with Gasteiger partial charge in [-0.2, -0.15) is 0 Å². The molecule has 0 aliphatic carbocycles. The second-order valence-corrected chi connectivity index (χ2v) is 5.28. The summed E-state index contributed by atoms with van der Waals surface area (Å²) in [5.41, 5.74) is 2.28. The number of rotatable bonds is 6. The maximum absolute atomic E-state index is 12.0. The first-order chi connectivity index (χ1) is 8.92. The Kier molecular flexibility index (Phi) is 5.87. The molecule has 0 heterocycles. The molecular formula is C16H25NO2. The van der Waals surface area contributed by atoms with Gasteiger partial charge in [-0.25, -0.2) is 0 Å². The van der Waals surface area contributed by atoms with E-state index in [-0.39, 0.29) is 11.9 Å². The molecule has 0 saturated heterocycles. The summed E-state index contributed by atoms with van der Waals surface area (Å²) >= 11 is 0. The molecular weight excluding hydrogens is 238 g/mol. The number of aryl methyl sites for hydroxylation is 2. The van der Waals surface area contributed by atoms with Gasteiger partial charge in [0.15, 0.2) is 6.10 Å². The van der Waals surface area contributed by atoms with Crippen LogP contribution in [-0.4, -0.2) is 18.1 Å². The minimum Gasteiger partial charge on any atom is -0.481 e. The minimum atomic E-state index is -0.472. The lowest BCUT2D eigenvalue weighted by Gasteiger charge is -2.18. The summed E-state index contributed by atoms with van der Waals surface area (Å²) in [5.74, 6) is 0.698. The summed E-state index contributed by atoms with van der Waals surface area (Å²) in [6.45, 7) is 9.95. The van der Waals surface area contributed by atoms with Crippen LogP contribution in [0.3, 0.4) is 0 Å². The standard InChI is InChI=1S/C16H25NO2/c1-6-7-13(4)17-16(18)14(5)19-15-9-11(2)8-12(3)10-15/h8-10,13-14H,6-7H2,1-5H3,(H,17,18)/t13-,14-/m1/s1. The van der Waals surface area contributed by atoms with Crippen LogP contribution in [0.5, 0.6) is 5.75 Å². The van der Waals surface area contributed by atoms with E-state index in [0.717, 1.165) is 29.7 Å². The van der Waals surface area contributed by atoms with E-state index in [0.29, 0.717) is 0 Å². The number of carbonyl (C=O) groups excluding carboxylic acids is 1. The van der Waals surface area contributed by atoms with Crippen LogP contribution in [0.15, 0.2) is 18.2 Å². The van der Waals surface area contributed by atoms with Crippen molar-refractivity contribution in [2.45, 2.75) is 59.6 Å². The molecule has 0 fully saturated rings. The lowest BCUT2D eigenvalue weighted by Crippen LogP contribution is -2.41.